The van der Waals surface area contributed by atoms with Gasteiger partial charge >= 0.3 is 177 Å². The molecule has 34 heavy (non-hydrogen) atoms. The van der Waals surface area contributed by atoms with Crippen molar-refractivity contribution < 1.29 is 14.3 Å². The normalized spacial score (nSPS) is 14.0. The molecule has 0 radical (unpaired) electrons. The first-order valence-electron chi connectivity index (χ1n) is 10.6. The van der Waals surface area contributed by atoms with Crippen LogP contribution in [0, 0.1) is 13.8 Å². The van der Waals surface area contributed by atoms with Crippen molar-refractivity contribution in [2.45, 2.75) is 20.4 Å². The summed E-state index contributed by atoms with van der Waals surface area (Å²) >= 11 is 6.22. The minimum absolute atomic E-state index is 0.0247. The molecule has 9 heteroatoms. The van der Waals surface area contributed by atoms with E-state index in [1.807, 2.05) is 24.3 Å². The van der Waals surface area contributed by atoms with Gasteiger partial charge in [-0.05, 0) is 12.1 Å². The number of hydrogen-bond acceptors (Lipinski definition) is 4. The summed E-state index contributed by atoms with van der Waals surface area (Å²) in [5.74, 6) is -0.723. The molecule has 0 aliphatic carbocycles. The zero-order valence-corrected chi connectivity index (χ0v) is 20.9. The molecular formula is C25H20ClN3O4Se. The zero-order valence-electron chi connectivity index (χ0n) is 18.4. The van der Waals surface area contributed by atoms with Crippen LogP contribution in [-0.2, 0) is 16.1 Å². The third-order valence-corrected chi connectivity index (χ3v) is 8.49. The van der Waals surface area contributed by atoms with Crippen molar-refractivity contribution in [2.75, 3.05) is 11.9 Å². The molecule has 5 rings (SSSR count). The first-order valence-corrected chi connectivity index (χ1v) is 12.6. The van der Waals surface area contributed by atoms with Crippen LogP contribution in [-0.4, -0.2) is 41.8 Å². The number of benzene rings is 2. The van der Waals surface area contributed by atoms with Gasteiger partial charge in [-0.25, -0.2) is 0 Å². The molecule has 0 saturated carbocycles. The van der Waals surface area contributed by atoms with Crippen LogP contribution in [0.2, 0.25) is 5.02 Å². The Morgan fingerprint density at radius 2 is 1.94 bits per heavy atom. The number of carbonyl (C=O) groups is 2. The Labute approximate surface area is 206 Å². The second-order valence-corrected chi connectivity index (χ2v) is 10.6. The predicted octanol–water partition coefficient (Wildman–Crippen LogP) is 4.01. The summed E-state index contributed by atoms with van der Waals surface area (Å²) in [4.78, 5) is 41.1. The molecule has 172 valence electrons. The second kappa shape index (κ2) is 8.80. The van der Waals surface area contributed by atoms with E-state index in [-0.39, 0.29) is 32.8 Å². The number of rotatable bonds is 5. The number of aromatic nitrogens is 2. The number of anilines is 1. The molecule has 2 N–H and O–H groups in total. The van der Waals surface area contributed by atoms with E-state index in [9.17, 15) is 14.4 Å². The molecule has 0 spiro atoms. The average Bonchev–Trinajstić information content (AvgIpc) is 3.40. The van der Waals surface area contributed by atoms with Crippen LogP contribution in [0.4, 0.5) is 5.69 Å². The van der Waals surface area contributed by atoms with Crippen molar-refractivity contribution in [3.05, 3.63) is 85.9 Å². The third kappa shape index (κ3) is 3.84. The molecule has 0 fully saturated rings. The van der Waals surface area contributed by atoms with Crippen LogP contribution in [0.5, 0.6) is 0 Å². The van der Waals surface area contributed by atoms with E-state index < -0.39 is 5.97 Å². The van der Waals surface area contributed by atoms with Gasteiger partial charge < -0.3 is 0 Å². The van der Waals surface area contributed by atoms with Gasteiger partial charge in [-0.1, -0.05) is 17.7 Å². The van der Waals surface area contributed by atoms with Gasteiger partial charge in [0.1, 0.15) is 0 Å². The number of esters is 1. The van der Waals surface area contributed by atoms with Crippen LogP contribution >= 0.6 is 11.6 Å². The second-order valence-electron chi connectivity index (χ2n) is 7.97. The Morgan fingerprint density at radius 3 is 2.74 bits per heavy atom. The fraction of sp³-hybridized carbons (Fsp3) is 0.160. The molecule has 7 nitrogen and oxygen atoms in total. The number of carbonyl (C=O) groups excluding carboxylic acids is 2. The van der Waals surface area contributed by atoms with Gasteiger partial charge in [-0.15, -0.1) is 0 Å². The molecule has 3 heterocycles. The standard InChI is InChI=1S/C25H20ClN3O4Se/c1-13-19(12-16-22-17(26)7-5-8-18(22)28-23(16)30)27-14(2)21(13)25(32)33-11-10-29-24(31)15-6-3-4-9-20(15)34-29/h3-9,12,27H,10-11H2,1-2H3,(H,28,30)/b16-12-. The molecule has 0 unspecified atom stereocenters. The van der Waals surface area contributed by atoms with Gasteiger partial charge in [0, 0.05) is 0 Å². The van der Waals surface area contributed by atoms with Gasteiger partial charge in [0.2, 0.25) is 0 Å². The number of hydrogen-bond donors (Lipinski definition) is 2. The first-order chi connectivity index (χ1) is 16.3. The molecule has 0 atom stereocenters. The fourth-order valence-electron chi connectivity index (χ4n) is 4.17. The van der Waals surface area contributed by atoms with E-state index in [2.05, 4.69) is 10.3 Å². The van der Waals surface area contributed by atoms with E-state index in [1.54, 1.807) is 41.7 Å². The number of nitrogens with one attached hydrogen (secondary N) is 2. The third-order valence-electron chi connectivity index (χ3n) is 5.82. The number of amides is 1. The van der Waals surface area contributed by atoms with E-state index >= 15 is 0 Å². The number of aromatic amines is 1. The summed E-state index contributed by atoms with van der Waals surface area (Å²) in [7, 11) is 0. The zero-order chi connectivity index (χ0) is 24.0. The summed E-state index contributed by atoms with van der Waals surface area (Å²) < 4.78 is 8.29. The van der Waals surface area contributed by atoms with Crippen LogP contribution in [0.15, 0.2) is 47.3 Å². The van der Waals surface area contributed by atoms with E-state index in [0.717, 1.165) is 9.65 Å². The quantitative estimate of drug-likeness (QED) is 0.227. The van der Waals surface area contributed by atoms with Crippen LogP contribution in [0.3, 0.4) is 0 Å². The van der Waals surface area contributed by atoms with E-state index in [4.69, 9.17) is 16.3 Å². The van der Waals surface area contributed by atoms with Crippen molar-refractivity contribution in [2.24, 2.45) is 0 Å². The Hall–Kier alpha value is -3.32. The molecule has 1 aliphatic rings. The van der Waals surface area contributed by atoms with Crippen LogP contribution in [0.25, 0.3) is 21.3 Å². The molecule has 1 aliphatic heterocycles. The summed E-state index contributed by atoms with van der Waals surface area (Å²) in [6, 6.07) is 12.8. The Kier molecular flexibility index (Phi) is 5.81. The number of aryl methyl sites for hydroxylation is 1. The summed E-state index contributed by atoms with van der Waals surface area (Å²) in [6.45, 7) is 4.03. The Balaban J connectivity index is 1.36. The predicted molar refractivity (Wildman–Crippen MR) is 134 cm³/mol. The minimum atomic E-state index is -0.470. The molecule has 4 aromatic rings. The SMILES string of the molecule is Cc1[nH]c(/C=C2\C(=O)Nc3cccc(Cl)c32)c(C)c1C(=O)OCCn1[se]c2ccccc2c1=O. The van der Waals surface area contributed by atoms with Gasteiger partial charge in [-0.2, -0.15) is 0 Å². The van der Waals surface area contributed by atoms with Crippen LogP contribution < -0.4 is 10.9 Å². The topological polar surface area (TPSA) is 93.2 Å². The van der Waals surface area contributed by atoms with Crippen LogP contribution in [0.1, 0.15) is 32.9 Å². The number of fused-ring (bicyclic) bond motifs is 2. The summed E-state index contributed by atoms with van der Waals surface area (Å²) in [6.07, 6.45) is 1.70. The van der Waals surface area contributed by atoms with Gasteiger partial charge in [-0.3, -0.25) is 0 Å². The number of nitrogens with zero attached hydrogens (tertiary/aromatic N) is 1. The van der Waals surface area contributed by atoms with Crippen molar-refractivity contribution in [1.29, 1.82) is 0 Å². The molecule has 2 aromatic carbocycles. The number of ether oxygens (including phenoxy) is 1. The van der Waals surface area contributed by atoms with Gasteiger partial charge in [0.15, 0.2) is 0 Å². The number of H-pyrrole nitrogens is 1. The molecule has 2 aromatic heterocycles. The van der Waals surface area contributed by atoms with Crippen molar-refractivity contribution in [3.63, 3.8) is 0 Å². The Bertz CT molecular complexity index is 1560. The molecular weight excluding hydrogens is 521 g/mol. The molecule has 0 saturated heterocycles. The van der Waals surface area contributed by atoms with Gasteiger partial charge in [0.05, 0.1) is 0 Å². The van der Waals surface area contributed by atoms with Crippen molar-refractivity contribution in [3.8, 4) is 0 Å². The Morgan fingerprint density at radius 1 is 1.15 bits per heavy atom. The summed E-state index contributed by atoms with van der Waals surface area (Å²) in [5, 5.41) is 4.01. The fourth-order valence-corrected chi connectivity index (χ4v) is 6.50. The van der Waals surface area contributed by atoms with Crippen molar-refractivity contribution >= 4 is 65.2 Å². The maximum absolute atomic E-state index is 12.9. The van der Waals surface area contributed by atoms with Gasteiger partial charge in [0.25, 0.3) is 0 Å². The van der Waals surface area contributed by atoms with Crippen molar-refractivity contribution in [1.82, 2.24) is 8.55 Å². The summed E-state index contributed by atoms with van der Waals surface area (Å²) in [5.41, 5.74) is 4.08. The monoisotopic (exact) mass is 541 g/mol. The number of halogens is 1. The molecule has 0 bridgehead atoms. The average molecular weight is 541 g/mol. The molecule has 1 amide bonds. The maximum atomic E-state index is 12.9. The van der Waals surface area contributed by atoms with E-state index in [1.165, 1.54) is 0 Å². The van der Waals surface area contributed by atoms with E-state index in [0.29, 0.717) is 50.9 Å². The first kappa shape index (κ1) is 22.5.